The van der Waals surface area contributed by atoms with Gasteiger partial charge in [0, 0.05) is 6.07 Å². The van der Waals surface area contributed by atoms with E-state index in [1.54, 1.807) is 26.1 Å². The van der Waals surface area contributed by atoms with Gasteiger partial charge in [-0.15, -0.1) is 0 Å². The van der Waals surface area contributed by atoms with E-state index in [2.05, 4.69) is 10.3 Å². The zero-order chi connectivity index (χ0) is 19.6. The van der Waals surface area contributed by atoms with Crippen LogP contribution in [0.2, 0.25) is 10.3 Å². The monoisotopic (exact) mass is 449 g/mol. The van der Waals surface area contributed by atoms with Crippen molar-refractivity contribution in [3.63, 3.8) is 0 Å². The molecule has 0 radical (unpaired) electrons. The molecule has 0 fully saturated rings. The van der Waals surface area contributed by atoms with Crippen LogP contribution in [-0.4, -0.2) is 32.3 Å². The highest BCUT2D eigenvalue weighted by atomic mass is 35.6. The summed E-state index contributed by atoms with van der Waals surface area (Å²) < 4.78 is 2.85. The van der Waals surface area contributed by atoms with E-state index in [4.69, 9.17) is 62.7 Å². The first-order chi connectivity index (χ1) is 11.2. The molecule has 0 aliphatic heterocycles. The number of amides is 3. The first kappa shape index (κ1) is 22.1. The van der Waals surface area contributed by atoms with Crippen molar-refractivity contribution in [3.8, 4) is 0 Å². The van der Waals surface area contributed by atoms with Crippen LogP contribution in [0.3, 0.4) is 0 Å². The van der Waals surface area contributed by atoms with Crippen LogP contribution < -0.4 is 10.6 Å². The molecule has 0 spiro atoms. The Kier molecular flexibility index (Phi) is 7.18. The Morgan fingerprint density at radius 2 is 1.68 bits per heavy atom. The third kappa shape index (κ3) is 7.03. The first-order valence-corrected chi connectivity index (χ1v) is 8.38. The molecule has 3 amide bonds. The maximum absolute atomic E-state index is 12.3. The summed E-state index contributed by atoms with van der Waals surface area (Å²) in [5.74, 6) is -2.05. The topological polar surface area (TPSA) is 97.4 Å². The minimum Gasteiger partial charge on any atom is -0.456 e. The third-order valence-corrected chi connectivity index (χ3v) is 3.26. The van der Waals surface area contributed by atoms with Crippen LogP contribution in [0.5, 0.6) is 0 Å². The summed E-state index contributed by atoms with van der Waals surface area (Å²) in [5.41, 5.74) is -1.23. The zero-order valence-corrected chi connectivity index (χ0v) is 16.8. The van der Waals surface area contributed by atoms with E-state index in [1.807, 2.05) is 0 Å². The number of anilines is 1. The van der Waals surface area contributed by atoms with Gasteiger partial charge in [0.25, 0.3) is 9.70 Å². The van der Waals surface area contributed by atoms with Crippen LogP contribution in [0, 0.1) is 0 Å². The minimum atomic E-state index is -2.35. The van der Waals surface area contributed by atoms with Gasteiger partial charge in [0.1, 0.15) is 21.5 Å². The van der Waals surface area contributed by atoms with E-state index in [-0.39, 0.29) is 21.6 Å². The molecule has 0 saturated heterocycles. The Labute approximate surface area is 168 Å². The average molecular weight is 452 g/mol. The molecule has 0 atom stereocenters. The number of carbonyl (C=O) groups is 3. The second-order valence-electron chi connectivity index (χ2n) is 5.57. The van der Waals surface area contributed by atoms with Crippen LogP contribution in [0.1, 0.15) is 31.1 Å². The van der Waals surface area contributed by atoms with Gasteiger partial charge in [-0.25, -0.2) is 14.6 Å². The van der Waals surface area contributed by atoms with Crippen molar-refractivity contribution < 1.29 is 19.1 Å². The molecule has 138 valence electrons. The lowest BCUT2D eigenvalue weighted by molar-refractivity contribution is -0.119. The molecule has 0 aliphatic carbocycles. The molecule has 0 aromatic carbocycles. The molecule has 0 unspecified atom stereocenters. The number of hydrogen-bond acceptors (Lipinski definition) is 5. The Morgan fingerprint density at radius 3 is 2.16 bits per heavy atom. The molecule has 12 heteroatoms. The number of aromatic nitrogens is 1. The summed E-state index contributed by atoms with van der Waals surface area (Å²) >= 11 is 27.7. The van der Waals surface area contributed by atoms with Gasteiger partial charge in [0.2, 0.25) is 0 Å². The summed E-state index contributed by atoms with van der Waals surface area (Å²) in [5, 5.41) is 3.57. The molecule has 0 aliphatic rings. The van der Waals surface area contributed by atoms with Crippen molar-refractivity contribution in [2.45, 2.75) is 30.2 Å². The highest BCUT2D eigenvalue weighted by molar-refractivity contribution is 6.76. The van der Waals surface area contributed by atoms with Crippen molar-refractivity contribution in [1.29, 1.82) is 0 Å². The van der Waals surface area contributed by atoms with Gasteiger partial charge in [-0.05, 0) is 20.8 Å². The number of esters is 1. The lowest BCUT2D eigenvalue weighted by atomic mass is 10.1. The number of imide groups is 1. The molecule has 0 bridgehead atoms. The molecule has 1 rings (SSSR count). The SMILES string of the molecule is CC(C)(C)OC(=O)c1c(NC(=O)NC(=O)C(Cl)(Cl)Cl)cc(Cl)nc1Cl. The van der Waals surface area contributed by atoms with Crippen LogP contribution in [0.15, 0.2) is 6.07 Å². The van der Waals surface area contributed by atoms with E-state index in [9.17, 15) is 14.4 Å². The van der Waals surface area contributed by atoms with E-state index in [1.165, 1.54) is 0 Å². The van der Waals surface area contributed by atoms with Crippen LogP contribution in [0.4, 0.5) is 10.5 Å². The molecule has 1 aromatic rings. The van der Waals surface area contributed by atoms with Gasteiger partial charge in [-0.3, -0.25) is 10.1 Å². The molecule has 7 nitrogen and oxygen atoms in total. The Bertz CT molecular complexity index is 713. The fourth-order valence-corrected chi connectivity index (χ4v) is 2.08. The molecular formula is C13H12Cl5N3O4. The number of carbonyl (C=O) groups excluding carboxylic acids is 3. The second kappa shape index (κ2) is 8.14. The molecule has 1 aromatic heterocycles. The van der Waals surface area contributed by atoms with Crippen molar-refractivity contribution in [1.82, 2.24) is 10.3 Å². The minimum absolute atomic E-state index is 0.111. The summed E-state index contributed by atoms with van der Waals surface area (Å²) in [7, 11) is 0. The van der Waals surface area contributed by atoms with Gasteiger partial charge < -0.3 is 10.1 Å². The van der Waals surface area contributed by atoms with Crippen molar-refractivity contribution in [2.75, 3.05) is 5.32 Å². The predicted molar refractivity (Wildman–Crippen MR) is 96.9 cm³/mol. The fourth-order valence-electron chi connectivity index (χ4n) is 1.43. The summed E-state index contributed by atoms with van der Waals surface area (Å²) in [6.45, 7) is 4.92. The Morgan fingerprint density at radius 1 is 1.12 bits per heavy atom. The summed E-state index contributed by atoms with van der Waals surface area (Å²) in [4.78, 5) is 39.4. The molecule has 0 saturated carbocycles. The molecule has 25 heavy (non-hydrogen) atoms. The number of halogens is 5. The van der Waals surface area contributed by atoms with Crippen molar-refractivity contribution in [2.24, 2.45) is 0 Å². The van der Waals surface area contributed by atoms with E-state index in [0.29, 0.717) is 0 Å². The number of hydrogen-bond donors (Lipinski definition) is 2. The normalized spacial score (nSPS) is 11.7. The fraction of sp³-hybridized carbons (Fsp3) is 0.385. The Balaban J connectivity index is 3.12. The quantitative estimate of drug-likeness (QED) is 0.396. The second-order valence-corrected chi connectivity index (χ2v) is 8.59. The predicted octanol–water partition coefficient (Wildman–Crippen LogP) is 4.36. The van der Waals surface area contributed by atoms with Gasteiger partial charge in [-0.2, -0.15) is 0 Å². The molecular weight excluding hydrogens is 439 g/mol. The molecule has 1 heterocycles. The van der Waals surface area contributed by atoms with Gasteiger partial charge in [0.05, 0.1) is 5.69 Å². The lowest BCUT2D eigenvalue weighted by Gasteiger charge is -2.21. The summed E-state index contributed by atoms with van der Waals surface area (Å²) in [6, 6.07) is 0.0611. The lowest BCUT2D eigenvalue weighted by Crippen LogP contribution is -2.41. The van der Waals surface area contributed by atoms with E-state index < -0.39 is 27.3 Å². The van der Waals surface area contributed by atoms with Gasteiger partial charge in [0.15, 0.2) is 0 Å². The summed E-state index contributed by atoms with van der Waals surface area (Å²) in [6.07, 6.45) is 0. The van der Waals surface area contributed by atoms with Gasteiger partial charge in [-0.1, -0.05) is 58.0 Å². The standard InChI is InChI=1S/C13H12Cl5N3O4/c1-12(2,3)25-9(22)7-5(4-6(14)20-8(7)15)19-11(24)21-10(23)13(16,17)18/h4H,1-3H3,(H2,19,20,21,23,24). The van der Waals surface area contributed by atoms with Crippen LogP contribution in [0.25, 0.3) is 0 Å². The van der Waals surface area contributed by atoms with Crippen LogP contribution >= 0.6 is 58.0 Å². The number of urea groups is 1. The zero-order valence-electron chi connectivity index (χ0n) is 13.0. The number of ether oxygens (including phenoxy) is 1. The smallest absolute Gasteiger partial charge is 0.343 e. The van der Waals surface area contributed by atoms with Crippen molar-refractivity contribution >= 4 is 81.6 Å². The average Bonchev–Trinajstić information content (AvgIpc) is 2.33. The van der Waals surface area contributed by atoms with Gasteiger partial charge >= 0.3 is 12.0 Å². The maximum Gasteiger partial charge on any atom is 0.343 e. The Hall–Kier alpha value is -0.990. The number of rotatable bonds is 2. The molecule has 2 N–H and O–H groups in total. The first-order valence-electron chi connectivity index (χ1n) is 6.49. The third-order valence-electron chi connectivity index (χ3n) is 2.28. The maximum atomic E-state index is 12.3. The number of nitrogens with zero attached hydrogens (tertiary/aromatic N) is 1. The highest BCUT2D eigenvalue weighted by Gasteiger charge is 2.32. The van der Waals surface area contributed by atoms with E-state index in [0.717, 1.165) is 6.07 Å². The van der Waals surface area contributed by atoms with Crippen LogP contribution in [-0.2, 0) is 9.53 Å². The van der Waals surface area contributed by atoms with Crippen molar-refractivity contribution in [3.05, 3.63) is 21.9 Å². The number of pyridine rings is 1. The number of alkyl halides is 3. The highest BCUT2D eigenvalue weighted by Crippen LogP contribution is 2.29. The number of nitrogens with one attached hydrogen (secondary N) is 2. The largest absolute Gasteiger partial charge is 0.456 e. The van der Waals surface area contributed by atoms with E-state index >= 15 is 0 Å².